The first-order chi connectivity index (χ1) is 8.99. The molecule has 0 aliphatic rings. The number of benzene rings is 1. The van der Waals surface area contributed by atoms with E-state index in [1.54, 1.807) is 18.2 Å². The third kappa shape index (κ3) is 3.05. The average molecular weight is 296 g/mol. The minimum Gasteiger partial charge on any atom is -0.398 e. The number of carbonyl (C=O) groups excluding carboxylic acids is 1. The van der Waals surface area contributed by atoms with Crippen LogP contribution < -0.4 is 11.1 Å². The second-order valence-corrected chi connectivity index (χ2v) is 5.52. The Bertz CT molecular complexity index is 591. The Morgan fingerprint density at radius 2 is 2.26 bits per heavy atom. The average Bonchev–Trinajstić information content (AvgIpc) is 2.75. The first kappa shape index (κ1) is 13.8. The summed E-state index contributed by atoms with van der Waals surface area (Å²) >= 11 is 7.52. The Morgan fingerprint density at radius 1 is 1.53 bits per heavy atom. The second-order valence-electron chi connectivity index (χ2n) is 4.23. The molecule has 0 bridgehead atoms. The van der Waals surface area contributed by atoms with Crippen molar-refractivity contribution < 1.29 is 4.79 Å². The maximum atomic E-state index is 12.2. The van der Waals surface area contributed by atoms with Gasteiger partial charge in [0, 0.05) is 16.8 Å². The molecule has 0 radical (unpaired) electrons. The number of nitrogens with two attached hydrogens (primary N) is 1. The van der Waals surface area contributed by atoms with Crippen LogP contribution in [-0.2, 0) is 0 Å². The molecule has 4 nitrogen and oxygen atoms in total. The van der Waals surface area contributed by atoms with Crippen LogP contribution >= 0.6 is 22.9 Å². The van der Waals surface area contributed by atoms with Gasteiger partial charge in [-0.3, -0.25) is 4.79 Å². The van der Waals surface area contributed by atoms with E-state index in [0.717, 1.165) is 10.7 Å². The van der Waals surface area contributed by atoms with Gasteiger partial charge in [0.2, 0.25) is 0 Å². The zero-order valence-corrected chi connectivity index (χ0v) is 12.2. The van der Waals surface area contributed by atoms with Crippen molar-refractivity contribution in [3.05, 3.63) is 44.9 Å². The summed E-state index contributed by atoms with van der Waals surface area (Å²) in [6.07, 6.45) is 0. The molecule has 0 saturated carbocycles. The first-order valence-electron chi connectivity index (χ1n) is 5.76. The van der Waals surface area contributed by atoms with E-state index in [4.69, 9.17) is 17.3 Å². The lowest BCUT2D eigenvalue weighted by atomic mass is 10.1. The number of thiazole rings is 1. The Morgan fingerprint density at radius 3 is 2.84 bits per heavy atom. The lowest BCUT2D eigenvalue weighted by molar-refractivity contribution is 0.0941. The Labute approximate surface area is 120 Å². The Kier molecular flexibility index (Phi) is 4.07. The van der Waals surface area contributed by atoms with Crippen molar-refractivity contribution in [2.75, 3.05) is 5.73 Å². The zero-order valence-electron chi connectivity index (χ0n) is 10.6. The highest BCUT2D eigenvalue weighted by Gasteiger charge is 2.18. The first-order valence-corrected chi connectivity index (χ1v) is 7.01. The van der Waals surface area contributed by atoms with Crippen LogP contribution in [0.4, 0.5) is 5.69 Å². The normalized spacial score (nSPS) is 12.2. The molecule has 1 unspecified atom stereocenters. The van der Waals surface area contributed by atoms with Crippen molar-refractivity contribution in [1.82, 2.24) is 10.3 Å². The van der Waals surface area contributed by atoms with E-state index in [1.165, 1.54) is 11.3 Å². The SMILES string of the molecule is Cc1csc(C(C)NC(=O)c2c(N)cccc2Cl)n1. The predicted octanol–water partition coefficient (Wildman–Crippen LogP) is 3.18. The largest absolute Gasteiger partial charge is 0.398 e. The number of aryl methyl sites for hydroxylation is 1. The van der Waals surface area contributed by atoms with Crippen molar-refractivity contribution in [2.45, 2.75) is 19.9 Å². The Hall–Kier alpha value is -1.59. The molecule has 1 amide bonds. The molecule has 0 aliphatic heterocycles. The molecular weight excluding hydrogens is 282 g/mol. The van der Waals surface area contributed by atoms with Gasteiger partial charge in [0.05, 0.1) is 16.6 Å². The summed E-state index contributed by atoms with van der Waals surface area (Å²) in [5.41, 5.74) is 7.40. The van der Waals surface area contributed by atoms with Crippen LogP contribution in [0.15, 0.2) is 23.6 Å². The summed E-state index contributed by atoms with van der Waals surface area (Å²) in [5.74, 6) is -0.288. The van der Waals surface area contributed by atoms with E-state index in [2.05, 4.69) is 10.3 Å². The van der Waals surface area contributed by atoms with Gasteiger partial charge in [0.1, 0.15) is 5.01 Å². The fourth-order valence-corrected chi connectivity index (χ4v) is 2.75. The summed E-state index contributed by atoms with van der Waals surface area (Å²) < 4.78 is 0. The molecule has 2 rings (SSSR count). The Balaban J connectivity index is 2.17. The van der Waals surface area contributed by atoms with Gasteiger partial charge in [0.25, 0.3) is 5.91 Å². The summed E-state index contributed by atoms with van der Waals surface area (Å²) in [5, 5.41) is 6.00. The predicted molar refractivity (Wildman–Crippen MR) is 78.6 cm³/mol. The smallest absolute Gasteiger partial charge is 0.255 e. The van der Waals surface area contributed by atoms with Crippen LogP contribution in [0.5, 0.6) is 0 Å². The van der Waals surface area contributed by atoms with Crippen molar-refractivity contribution in [2.24, 2.45) is 0 Å². The molecular formula is C13H14ClN3OS. The third-order valence-electron chi connectivity index (χ3n) is 2.63. The number of nitrogen functional groups attached to an aromatic ring is 1. The van der Waals surface area contributed by atoms with E-state index in [0.29, 0.717) is 16.3 Å². The van der Waals surface area contributed by atoms with Gasteiger partial charge in [0.15, 0.2) is 0 Å². The van der Waals surface area contributed by atoms with Crippen LogP contribution in [0.25, 0.3) is 0 Å². The molecule has 1 atom stereocenters. The number of hydrogen-bond donors (Lipinski definition) is 2. The standard InChI is InChI=1S/C13H14ClN3OS/c1-7-6-19-13(16-7)8(2)17-12(18)11-9(14)4-3-5-10(11)15/h3-6,8H,15H2,1-2H3,(H,17,18). The van der Waals surface area contributed by atoms with Gasteiger partial charge in [-0.25, -0.2) is 4.98 Å². The molecule has 1 aromatic carbocycles. The van der Waals surface area contributed by atoms with Crippen molar-refractivity contribution in [3.63, 3.8) is 0 Å². The summed E-state index contributed by atoms with van der Waals surface area (Å²) in [6.45, 7) is 3.80. The van der Waals surface area contributed by atoms with E-state index >= 15 is 0 Å². The molecule has 19 heavy (non-hydrogen) atoms. The van der Waals surface area contributed by atoms with Crippen LogP contribution in [0.3, 0.4) is 0 Å². The highest BCUT2D eigenvalue weighted by atomic mass is 35.5. The highest BCUT2D eigenvalue weighted by molar-refractivity contribution is 7.09. The van der Waals surface area contributed by atoms with Gasteiger partial charge in [-0.2, -0.15) is 0 Å². The molecule has 100 valence electrons. The molecule has 0 fully saturated rings. The number of anilines is 1. The third-order valence-corrected chi connectivity index (χ3v) is 4.09. The van der Waals surface area contributed by atoms with Crippen molar-refractivity contribution in [1.29, 1.82) is 0 Å². The van der Waals surface area contributed by atoms with Crippen LogP contribution in [-0.4, -0.2) is 10.9 Å². The molecule has 2 aromatic rings. The second kappa shape index (κ2) is 5.59. The molecule has 0 spiro atoms. The maximum absolute atomic E-state index is 12.2. The van der Waals surface area contributed by atoms with Gasteiger partial charge in [-0.1, -0.05) is 17.7 Å². The molecule has 0 saturated heterocycles. The summed E-state index contributed by atoms with van der Waals surface area (Å²) in [6, 6.07) is 4.83. The monoisotopic (exact) mass is 295 g/mol. The highest BCUT2D eigenvalue weighted by Crippen LogP contribution is 2.23. The number of aromatic nitrogens is 1. The van der Waals surface area contributed by atoms with Crippen LogP contribution in [0, 0.1) is 6.92 Å². The van der Waals surface area contributed by atoms with E-state index in [9.17, 15) is 4.79 Å². The van der Waals surface area contributed by atoms with E-state index < -0.39 is 0 Å². The number of nitrogens with one attached hydrogen (secondary N) is 1. The quantitative estimate of drug-likeness (QED) is 0.855. The fraction of sp³-hybridized carbons (Fsp3) is 0.231. The lowest BCUT2D eigenvalue weighted by Crippen LogP contribution is -2.27. The topological polar surface area (TPSA) is 68.0 Å². The summed E-state index contributed by atoms with van der Waals surface area (Å²) in [4.78, 5) is 16.5. The molecule has 1 heterocycles. The number of halogens is 1. The van der Waals surface area contributed by atoms with Crippen molar-refractivity contribution >= 4 is 34.5 Å². The van der Waals surface area contributed by atoms with Gasteiger partial charge in [-0.05, 0) is 26.0 Å². The molecule has 0 aliphatic carbocycles. The number of carbonyl (C=O) groups is 1. The molecule has 6 heteroatoms. The zero-order chi connectivity index (χ0) is 14.0. The van der Waals surface area contributed by atoms with Gasteiger partial charge >= 0.3 is 0 Å². The number of hydrogen-bond acceptors (Lipinski definition) is 4. The van der Waals surface area contributed by atoms with Crippen molar-refractivity contribution in [3.8, 4) is 0 Å². The number of nitrogens with zero attached hydrogens (tertiary/aromatic N) is 1. The molecule has 3 N–H and O–H groups in total. The van der Waals surface area contributed by atoms with E-state index in [-0.39, 0.29) is 11.9 Å². The summed E-state index contributed by atoms with van der Waals surface area (Å²) in [7, 11) is 0. The number of rotatable bonds is 3. The lowest BCUT2D eigenvalue weighted by Gasteiger charge is -2.13. The fourth-order valence-electron chi connectivity index (χ4n) is 1.68. The minimum atomic E-state index is -0.288. The van der Waals surface area contributed by atoms with Crippen LogP contribution in [0.2, 0.25) is 5.02 Å². The molecule has 1 aromatic heterocycles. The minimum absolute atomic E-state index is 0.179. The maximum Gasteiger partial charge on any atom is 0.255 e. The van der Waals surface area contributed by atoms with Crippen LogP contribution in [0.1, 0.15) is 34.0 Å². The van der Waals surface area contributed by atoms with E-state index in [1.807, 2.05) is 19.2 Å². The number of amides is 1. The van der Waals surface area contributed by atoms with Gasteiger partial charge in [-0.15, -0.1) is 11.3 Å². The van der Waals surface area contributed by atoms with Gasteiger partial charge < -0.3 is 11.1 Å².